The van der Waals surface area contributed by atoms with Crippen LogP contribution in [0.4, 0.5) is 17.6 Å². The molecule has 0 unspecified atom stereocenters. The number of nitrogens with zero attached hydrogens (tertiary/aromatic N) is 5. The Hall–Kier alpha value is -13.6. The number of primary amides is 1. The number of phenolic OH excluding ortho intramolecular Hbond substituents is 1. The predicted octanol–water partition coefficient (Wildman–Crippen LogP) is 0.138. The van der Waals surface area contributed by atoms with E-state index in [2.05, 4.69) is 52.8 Å². The van der Waals surface area contributed by atoms with Gasteiger partial charge in [-0.05, 0) is 108 Å². The van der Waals surface area contributed by atoms with Crippen LogP contribution >= 0.6 is 11.8 Å². The second-order valence-electron chi connectivity index (χ2n) is 33.7. The fraction of sp³-hybridized carbons (Fsp3) is 0.462. The van der Waals surface area contributed by atoms with Gasteiger partial charge in [0.05, 0.1) is 24.8 Å². The maximum atomic E-state index is 15.7. The number of aromatic nitrogens is 1. The first kappa shape index (κ1) is 104. The summed E-state index contributed by atoms with van der Waals surface area (Å²) in [6, 6.07) is 3.12. The van der Waals surface area contributed by atoms with Gasteiger partial charge in [-0.2, -0.15) is 0 Å². The number of piperidine rings is 1. The molecule has 3 saturated heterocycles. The van der Waals surface area contributed by atoms with Crippen molar-refractivity contribution in [1.82, 2.24) is 77.3 Å². The highest BCUT2D eigenvalue weighted by Gasteiger charge is 2.48. The second kappa shape index (κ2) is 48.7. The molecule has 0 bridgehead atoms. The number of nitrogens with one attached hydrogen (secondary N) is 10. The summed E-state index contributed by atoms with van der Waals surface area (Å²) >= 11 is 0.586. The van der Waals surface area contributed by atoms with Crippen molar-refractivity contribution in [2.75, 3.05) is 58.8 Å². The van der Waals surface area contributed by atoms with E-state index in [1.807, 2.05) is 0 Å². The molecule has 9 rings (SSSR count). The zero-order valence-electron chi connectivity index (χ0n) is 74.6. The molecule has 15 amide bonds. The van der Waals surface area contributed by atoms with E-state index in [1.165, 1.54) is 57.3 Å². The number of halogens is 4. The van der Waals surface area contributed by atoms with Gasteiger partial charge in [0.2, 0.25) is 88.6 Å². The van der Waals surface area contributed by atoms with Crippen molar-refractivity contribution in [3.05, 3.63) is 173 Å². The van der Waals surface area contributed by atoms with Crippen LogP contribution < -0.4 is 59.3 Å². The molecule has 18 N–H and O–H groups in total. The van der Waals surface area contributed by atoms with Gasteiger partial charge in [-0.15, -0.1) is 11.8 Å². The first-order valence-corrected chi connectivity index (χ1v) is 44.8. The summed E-state index contributed by atoms with van der Waals surface area (Å²) in [5.41, 5.74) is 13.1. The third kappa shape index (κ3) is 28.5. The third-order valence-electron chi connectivity index (χ3n) is 23.5. The lowest BCUT2D eigenvalue weighted by molar-refractivity contribution is -0.152. The number of aromatic hydroxyl groups is 1. The Morgan fingerprint density at radius 1 is 0.545 bits per heavy atom. The zero-order valence-corrected chi connectivity index (χ0v) is 75.4. The molecule has 134 heavy (non-hydrogen) atoms. The van der Waals surface area contributed by atoms with Gasteiger partial charge in [0.1, 0.15) is 90.1 Å². The summed E-state index contributed by atoms with van der Waals surface area (Å²) in [4.78, 5) is 257. The molecule has 4 heterocycles. The first-order chi connectivity index (χ1) is 63.6. The molecule has 722 valence electrons. The number of aromatic amines is 1. The molecule has 43 heteroatoms. The average molecular weight is 1890 g/mol. The van der Waals surface area contributed by atoms with E-state index in [0.717, 1.165) is 50.7 Å². The van der Waals surface area contributed by atoms with E-state index in [-0.39, 0.29) is 56.4 Å². The number of carbonyl (C=O) groups excluding carboxylic acids is 15. The highest BCUT2D eigenvalue weighted by atomic mass is 32.2. The Labute approximate surface area is 772 Å². The van der Waals surface area contributed by atoms with E-state index >= 15 is 51.9 Å². The highest BCUT2D eigenvalue weighted by Crippen LogP contribution is 2.29. The molecule has 3 fully saturated rings. The van der Waals surface area contributed by atoms with Gasteiger partial charge in [0.25, 0.3) is 0 Å². The molecule has 3 aliphatic rings. The van der Waals surface area contributed by atoms with Gasteiger partial charge < -0.3 is 109 Å². The number of carboxylic acid groups (broad SMARTS) is 2. The molecule has 0 saturated carbocycles. The SMILES string of the molecule is CCCC[C@H]1C(=O)N2C[C@@H](O)C[C@@H]2C(=O)N[C@@H](CC(=O)O)C(=O)N[C@@H](C(C)C)C(=O)N(C)[C@@H](Cc2ccccc2)C(=O)N[C@@H](CCC(=O)O)C(=O)N2CCCC[C@@H]2C(=O)N[C@@H](Cc2c[nH]c3ccccc23)C(=O)N[C@@H](Cc2ccc(O)cc2)C(=O)N[C@@H](CN)C(=O)N[C@H](C(=O)NCC(N)=O)CSCC(=O)N[C@@H](Cc2cc(F)c(F)c(F)c2)C(=O)N(C)[C@@H](Cc2ccc(F)cc2)C(=O)N1C. The quantitative estimate of drug-likeness (QED) is 0.0300. The number of aliphatic hydroxyl groups excluding tert-OH is 1. The topological polar surface area (TPSA) is 563 Å². The van der Waals surface area contributed by atoms with E-state index in [1.54, 1.807) is 67.7 Å². The number of phenols is 1. The van der Waals surface area contributed by atoms with Crippen LogP contribution in [0.15, 0.2) is 121 Å². The van der Waals surface area contributed by atoms with Crippen LogP contribution in [0.2, 0.25) is 0 Å². The number of amides is 15. The number of nitrogens with two attached hydrogens (primary N) is 2. The van der Waals surface area contributed by atoms with Crippen molar-refractivity contribution < 1.29 is 119 Å². The maximum absolute atomic E-state index is 15.7. The normalized spacial score (nSPS) is 24.1. The third-order valence-corrected chi connectivity index (χ3v) is 24.6. The van der Waals surface area contributed by atoms with Crippen LogP contribution in [0.3, 0.4) is 0 Å². The minimum Gasteiger partial charge on any atom is -0.508 e. The first-order valence-electron chi connectivity index (χ1n) is 43.7. The minimum atomic E-state index is -2.08. The average Bonchev–Trinajstić information content (AvgIpc) is 1.69. The van der Waals surface area contributed by atoms with Crippen molar-refractivity contribution >= 4 is 123 Å². The van der Waals surface area contributed by atoms with Crippen LogP contribution in [0, 0.1) is 29.2 Å². The van der Waals surface area contributed by atoms with Gasteiger partial charge in [-0.1, -0.05) is 106 Å². The number of likely N-dealkylation sites (N-methyl/N-ethyl adjacent to an activating group) is 3. The molecule has 0 spiro atoms. The maximum Gasteiger partial charge on any atom is 0.305 e. The van der Waals surface area contributed by atoms with Crippen molar-refractivity contribution in [2.45, 2.75) is 202 Å². The number of H-pyrrole nitrogens is 1. The smallest absolute Gasteiger partial charge is 0.305 e. The van der Waals surface area contributed by atoms with E-state index < -0.39 is 296 Å². The monoisotopic (exact) mass is 1890 g/mol. The number of rotatable bonds is 23. The number of para-hydroxylation sites is 1. The van der Waals surface area contributed by atoms with Crippen LogP contribution in [0.5, 0.6) is 5.75 Å². The van der Waals surface area contributed by atoms with Crippen LogP contribution in [-0.4, -0.2) is 294 Å². The fourth-order valence-corrected chi connectivity index (χ4v) is 17.0. The van der Waals surface area contributed by atoms with Crippen LogP contribution in [0.1, 0.15) is 113 Å². The van der Waals surface area contributed by atoms with Crippen LogP contribution in [-0.2, 0) is 114 Å². The fourth-order valence-electron chi connectivity index (χ4n) is 16.2. The number of aliphatic carboxylic acids is 2. The summed E-state index contributed by atoms with van der Waals surface area (Å²) in [6.45, 7) is 2.34. The summed E-state index contributed by atoms with van der Waals surface area (Å²) in [7, 11) is 3.43. The lowest BCUT2D eigenvalue weighted by Crippen LogP contribution is -2.63. The molecule has 6 aromatic rings. The van der Waals surface area contributed by atoms with Crippen LogP contribution in [0.25, 0.3) is 10.9 Å². The number of fused-ring (bicyclic) bond motifs is 3. The van der Waals surface area contributed by atoms with Gasteiger partial charge in [-0.25, -0.2) is 17.6 Å². The van der Waals surface area contributed by atoms with Crippen molar-refractivity contribution in [3.8, 4) is 5.75 Å². The number of unbranched alkanes of at least 4 members (excludes halogenated alkanes) is 1. The number of carboxylic acids is 2. The predicted molar refractivity (Wildman–Crippen MR) is 477 cm³/mol. The summed E-state index contributed by atoms with van der Waals surface area (Å²) in [6.07, 6.45) is -4.67. The highest BCUT2D eigenvalue weighted by molar-refractivity contribution is 8.00. The number of aliphatic hydroxyl groups is 1. The van der Waals surface area contributed by atoms with Gasteiger partial charge in [0, 0.05) is 109 Å². The van der Waals surface area contributed by atoms with E-state index in [4.69, 9.17) is 11.5 Å². The Bertz CT molecular complexity index is 5250. The minimum absolute atomic E-state index is 0.0811. The van der Waals surface area contributed by atoms with Crippen molar-refractivity contribution in [3.63, 3.8) is 0 Å². The number of thioether (sulfide) groups is 1. The summed E-state index contributed by atoms with van der Waals surface area (Å²) < 4.78 is 59.7. The molecule has 5 aromatic carbocycles. The Morgan fingerprint density at radius 3 is 1.75 bits per heavy atom. The standard InChI is InChI=1S/C91H113F4N17O21S/c1-7-8-20-69-90(132)112-45-56(114)40-71(112)86(128)104-64(41-76(119)120)82(124)107-78(48(2)3)91(133)109(5)70(37-49-16-10-9-11-17-49)85(127)101-61(30-31-75(117)118)88(130)111-32-15-14-21-68(111)84(126)103-63(39-53-43-98-60-19-13-12-18-57(53)60)81(123)102-62(35-50-24-28-55(113)29-25-50)80(122)105-66(42-96)83(125)106-67(79(121)99-44-73(97)115)46-134-47-74(116)100-65(36-52-33-58(93)77(95)59(94)34-52)87(129)110(6)72(89(131)108(69)4)38-51-22-26-54(92)27-23-51/h9-13,16-19,22-29,33-34,43,48,56,61-72,78,98,113-114H,7-8,14-15,20-21,30-32,35-42,44-47,96H2,1-6H3,(H2,97,115)(H,99,121)(H,100,116)(H,101,127)(H,102,123)(H,103,126)(H,104,128)(H,105,122)(H,106,125)(H,107,124)(H,117,118)(H,119,120)/t56-,61-,62-,63-,64-,65-,66-,67-,68+,69-,70-,71+,72-,78-/m0/s1. The lowest BCUT2D eigenvalue weighted by Gasteiger charge is -2.38. The summed E-state index contributed by atoms with van der Waals surface area (Å²) in [5.74, 6) is -28.1. The second-order valence-corrected chi connectivity index (χ2v) is 34.7. The van der Waals surface area contributed by atoms with Gasteiger partial charge in [-0.3, -0.25) is 81.5 Å². The Kier molecular flexibility index (Phi) is 37.9. The molecule has 3 aliphatic heterocycles. The Balaban J connectivity index is 1.14. The molecule has 0 aliphatic carbocycles. The Morgan fingerprint density at radius 2 is 1.10 bits per heavy atom. The van der Waals surface area contributed by atoms with E-state index in [9.17, 15) is 67.6 Å². The molecular weight excluding hydrogens is 1780 g/mol. The van der Waals surface area contributed by atoms with Crippen molar-refractivity contribution in [1.29, 1.82) is 0 Å². The largest absolute Gasteiger partial charge is 0.508 e. The molecule has 14 atom stereocenters. The molecule has 38 nitrogen and oxygen atoms in total. The van der Waals surface area contributed by atoms with E-state index in [0.29, 0.717) is 64.3 Å². The van der Waals surface area contributed by atoms with Gasteiger partial charge in [0.15, 0.2) is 17.5 Å². The molecular formula is C91H113F4N17O21S. The molecule has 0 radical (unpaired) electrons. The van der Waals surface area contributed by atoms with Gasteiger partial charge >= 0.3 is 11.9 Å². The number of hydrogen-bond acceptors (Lipinski definition) is 21. The summed E-state index contributed by atoms with van der Waals surface area (Å²) in [5, 5.41) is 65.4. The number of hydrogen-bond donors (Lipinski definition) is 16. The number of benzene rings is 5. The zero-order chi connectivity index (χ0) is 98.1. The lowest BCUT2D eigenvalue weighted by atomic mass is 9.97. The van der Waals surface area contributed by atoms with Crippen molar-refractivity contribution in [2.24, 2.45) is 17.4 Å². The molecule has 1 aromatic heterocycles. The number of carbonyl (C=O) groups is 17.